The van der Waals surface area contributed by atoms with Gasteiger partial charge >= 0.3 is 5.97 Å². The zero-order valence-electron chi connectivity index (χ0n) is 11.9. The van der Waals surface area contributed by atoms with Crippen LogP contribution in [-0.2, 0) is 9.59 Å². The Balaban J connectivity index is 1.82. The molecule has 1 aliphatic heterocycles. The summed E-state index contributed by atoms with van der Waals surface area (Å²) in [5.41, 5.74) is 0.826. The first-order valence-electron chi connectivity index (χ1n) is 6.63. The highest BCUT2D eigenvalue weighted by molar-refractivity contribution is 8.26. The molecule has 0 spiro atoms. The summed E-state index contributed by atoms with van der Waals surface area (Å²) in [5.74, 6) is -1.88. The lowest BCUT2D eigenvalue weighted by Gasteiger charge is -2.09. The van der Waals surface area contributed by atoms with E-state index in [1.165, 1.54) is 23.5 Å². The average molecular weight is 380 g/mol. The van der Waals surface area contributed by atoms with Gasteiger partial charge in [0.2, 0.25) is 0 Å². The van der Waals surface area contributed by atoms with E-state index in [-0.39, 0.29) is 10.1 Å². The van der Waals surface area contributed by atoms with E-state index in [1.54, 1.807) is 24.4 Å². The summed E-state index contributed by atoms with van der Waals surface area (Å²) < 4.78 is 13.2. The van der Waals surface area contributed by atoms with Crippen molar-refractivity contribution in [2.45, 2.75) is 0 Å². The third-order valence-electron chi connectivity index (χ3n) is 3.07. The summed E-state index contributed by atoms with van der Waals surface area (Å²) in [7, 11) is 0. The summed E-state index contributed by atoms with van der Waals surface area (Å²) in [6.07, 6.45) is 3.22. The molecule has 1 fully saturated rings. The molecule has 0 unspecified atom stereocenters. The Bertz CT molecular complexity index is 861. The van der Waals surface area contributed by atoms with Crippen LogP contribution in [0.1, 0.15) is 5.01 Å². The van der Waals surface area contributed by atoms with Gasteiger partial charge in [-0.1, -0.05) is 36.1 Å². The van der Waals surface area contributed by atoms with Crippen molar-refractivity contribution in [2.24, 2.45) is 0 Å². The summed E-state index contributed by atoms with van der Waals surface area (Å²) in [6, 6.07) is 6.04. The second-order valence-electron chi connectivity index (χ2n) is 4.73. The predicted molar refractivity (Wildman–Crippen MR) is 95.0 cm³/mol. The number of benzene rings is 1. The first-order chi connectivity index (χ1) is 11.4. The molecule has 1 N–H and O–H groups in total. The van der Waals surface area contributed by atoms with Gasteiger partial charge in [0.25, 0.3) is 5.91 Å². The Morgan fingerprint density at radius 1 is 1.38 bits per heavy atom. The molecule has 0 aliphatic carbocycles. The van der Waals surface area contributed by atoms with E-state index >= 15 is 0 Å². The summed E-state index contributed by atoms with van der Waals surface area (Å²) in [4.78, 5) is 29.4. The maximum atomic E-state index is 13.0. The highest BCUT2D eigenvalue weighted by atomic mass is 32.2. The van der Waals surface area contributed by atoms with Crippen LogP contribution in [0.2, 0.25) is 0 Å². The van der Waals surface area contributed by atoms with Gasteiger partial charge in [0, 0.05) is 6.20 Å². The molecular formula is C15H9FN2O3S3. The normalized spacial score (nSPS) is 16.2. The Morgan fingerprint density at radius 3 is 2.75 bits per heavy atom. The molecule has 0 bridgehead atoms. The third-order valence-corrected chi connectivity index (χ3v) is 5.45. The number of thiocarbonyl (C=S) groups is 1. The summed E-state index contributed by atoms with van der Waals surface area (Å²) in [5, 5.41) is 9.40. The molecule has 0 atom stereocenters. The quantitative estimate of drug-likeness (QED) is 0.649. The van der Waals surface area contributed by atoms with E-state index in [2.05, 4.69) is 4.98 Å². The van der Waals surface area contributed by atoms with Crippen molar-refractivity contribution < 1.29 is 19.1 Å². The Hall–Kier alpha value is -2.10. The number of hydrogen-bond acceptors (Lipinski definition) is 6. The number of carbonyl (C=O) groups is 2. The maximum absolute atomic E-state index is 13.0. The molecule has 1 saturated heterocycles. The number of hydrogen-bond donors (Lipinski definition) is 1. The zero-order valence-corrected chi connectivity index (χ0v) is 14.4. The molecule has 9 heteroatoms. The van der Waals surface area contributed by atoms with E-state index in [1.807, 2.05) is 0 Å². The van der Waals surface area contributed by atoms with Crippen LogP contribution in [-0.4, -0.2) is 37.7 Å². The van der Waals surface area contributed by atoms with Gasteiger partial charge in [-0.2, -0.15) is 0 Å². The smallest absolute Gasteiger partial charge is 0.323 e. The van der Waals surface area contributed by atoms with Crippen LogP contribution >= 0.6 is 35.3 Å². The Labute approximate surface area is 149 Å². The SMILES string of the molecule is O=C(O)CN1C(=O)/C(=C/c2ncc(-c3ccc(F)cc3)s2)SC1=S. The Kier molecular flexibility index (Phi) is 4.74. The maximum Gasteiger partial charge on any atom is 0.323 e. The van der Waals surface area contributed by atoms with Crippen LogP contribution in [0.4, 0.5) is 4.39 Å². The summed E-state index contributed by atoms with van der Waals surface area (Å²) >= 11 is 7.43. The minimum Gasteiger partial charge on any atom is -0.480 e. The number of carbonyl (C=O) groups excluding carboxylic acids is 1. The van der Waals surface area contributed by atoms with Crippen LogP contribution in [0.15, 0.2) is 35.4 Å². The molecule has 2 aromatic rings. The molecule has 1 aromatic heterocycles. The highest BCUT2D eigenvalue weighted by Gasteiger charge is 2.33. The number of rotatable bonds is 4. The number of thioether (sulfide) groups is 1. The number of aliphatic carboxylic acids is 1. The van der Waals surface area contributed by atoms with Crippen LogP contribution in [0.25, 0.3) is 16.5 Å². The number of aromatic nitrogens is 1. The monoisotopic (exact) mass is 380 g/mol. The van der Waals surface area contributed by atoms with Gasteiger partial charge in [0.1, 0.15) is 21.7 Å². The highest BCUT2D eigenvalue weighted by Crippen LogP contribution is 2.34. The minimum absolute atomic E-state index is 0.212. The standard InChI is InChI=1S/C15H9FN2O3S3/c16-9-3-1-8(2-4-9)11-6-17-12(23-11)5-10-14(21)18(7-13(19)20)15(22)24-10/h1-6H,7H2,(H,19,20)/b10-5-. The summed E-state index contributed by atoms with van der Waals surface area (Å²) in [6.45, 7) is -0.458. The van der Waals surface area contributed by atoms with Crippen LogP contribution in [0.3, 0.4) is 0 Å². The van der Waals surface area contributed by atoms with Gasteiger partial charge in [-0.3, -0.25) is 14.5 Å². The van der Waals surface area contributed by atoms with Crippen molar-refractivity contribution in [1.82, 2.24) is 9.88 Å². The van der Waals surface area contributed by atoms with E-state index in [9.17, 15) is 14.0 Å². The van der Waals surface area contributed by atoms with Crippen molar-refractivity contribution in [2.75, 3.05) is 6.54 Å². The first kappa shape index (κ1) is 16.7. The average Bonchev–Trinajstić information content (AvgIpc) is 3.09. The fourth-order valence-corrected chi connectivity index (χ4v) is 4.16. The molecule has 122 valence electrons. The fraction of sp³-hybridized carbons (Fsp3) is 0.0667. The number of amides is 1. The lowest BCUT2D eigenvalue weighted by Crippen LogP contribution is -2.33. The topological polar surface area (TPSA) is 70.5 Å². The van der Waals surface area contributed by atoms with E-state index in [0.29, 0.717) is 9.91 Å². The van der Waals surface area contributed by atoms with Crippen molar-refractivity contribution >= 4 is 57.6 Å². The van der Waals surface area contributed by atoms with Gasteiger partial charge in [-0.15, -0.1) is 11.3 Å². The molecule has 24 heavy (non-hydrogen) atoms. The number of thiazole rings is 1. The number of carboxylic acids is 1. The molecule has 2 heterocycles. The van der Waals surface area contributed by atoms with Crippen LogP contribution < -0.4 is 0 Å². The molecule has 1 aromatic carbocycles. The molecular weight excluding hydrogens is 371 g/mol. The fourth-order valence-electron chi connectivity index (χ4n) is 1.99. The third kappa shape index (κ3) is 3.53. The minimum atomic E-state index is -1.12. The second kappa shape index (κ2) is 6.80. The zero-order chi connectivity index (χ0) is 17.3. The van der Waals surface area contributed by atoms with Crippen molar-refractivity contribution in [3.8, 4) is 10.4 Å². The predicted octanol–water partition coefficient (Wildman–Crippen LogP) is 3.24. The van der Waals surface area contributed by atoms with Gasteiger partial charge in [0.05, 0.1) is 9.78 Å². The number of carboxylic acid groups (broad SMARTS) is 1. The second-order valence-corrected chi connectivity index (χ2v) is 7.47. The van der Waals surface area contributed by atoms with E-state index < -0.39 is 18.4 Å². The van der Waals surface area contributed by atoms with Gasteiger partial charge in [0.15, 0.2) is 0 Å². The molecule has 5 nitrogen and oxygen atoms in total. The molecule has 1 aliphatic rings. The van der Waals surface area contributed by atoms with Crippen molar-refractivity contribution in [3.63, 3.8) is 0 Å². The molecule has 3 rings (SSSR count). The van der Waals surface area contributed by atoms with Gasteiger partial charge in [-0.25, -0.2) is 9.37 Å². The molecule has 0 radical (unpaired) electrons. The number of nitrogens with zero attached hydrogens (tertiary/aromatic N) is 2. The lowest BCUT2D eigenvalue weighted by molar-refractivity contribution is -0.140. The van der Waals surface area contributed by atoms with Crippen LogP contribution in [0.5, 0.6) is 0 Å². The van der Waals surface area contributed by atoms with Gasteiger partial charge in [-0.05, 0) is 23.8 Å². The van der Waals surface area contributed by atoms with Crippen LogP contribution in [0, 0.1) is 5.82 Å². The van der Waals surface area contributed by atoms with Gasteiger partial charge < -0.3 is 5.11 Å². The lowest BCUT2D eigenvalue weighted by atomic mass is 10.2. The molecule has 0 saturated carbocycles. The largest absolute Gasteiger partial charge is 0.480 e. The Morgan fingerprint density at radius 2 is 2.08 bits per heavy atom. The number of halogens is 1. The first-order valence-corrected chi connectivity index (χ1v) is 8.67. The van der Waals surface area contributed by atoms with E-state index in [4.69, 9.17) is 17.3 Å². The van der Waals surface area contributed by atoms with E-state index in [0.717, 1.165) is 27.1 Å². The molecule has 1 amide bonds. The van der Waals surface area contributed by atoms with Crippen molar-refractivity contribution in [3.05, 3.63) is 46.2 Å². The van der Waals surface area contributed by atoms with Crippen molar-refractivity contribution in [1.29, 1.82) is 0 Å².